The molecule has 0 aromatic heterocycles. The van der Waals surface area contributed by atoms with Gasteiger partial charge in [-0.2, -0.15) is 0 Å². The van der Waals surface area contributed by atoms with E-state index in [1.165, 1.54) is 0 Å². The van der Waals surface area contributed by atoms with Gasteiger partial charge in [0.2, 0.25) is 0 Å². The molecular weight excluding hydrogens is 318 g/mol. The molecule has 0 spiro atoms. The predicted molar refractivity (Wildman–Crippen MR) is 96.1 cm³/mol. The van der Waals surface area contributed by atoms with Crippen molar-refractivity contribution in [3.8, 4) is 5.75 Å². The number of methoxy groups -OCH3 is 1. The van der Waals surface area contributed by atoms with E-state index in [0.29, 0.717) is 23.3 Å². The van der Waals surface area contributed by atoms with E-state index < -0.39 is 11.4 Å². The Bertz CT molecular complexity index is 758. The third-order valence-electron chi connectivity index (χ3n) is 4.57. The average Bonchev–Trinajstić information content (AvgIpc) is 2.62. The number of aliphatic carboxylic acids is 1. The van der Waals surface area contributed by atoms with Crippen molar-refractivity contribution in [1.29, 1.82) is 0 Å². The molecule has 132 valence electrons. The van der Waals surface area contributed by atoms with E-state index in [4.69, 9.17) is 4.74 Å². The summed E-state index contributed by atoms with van der Waals surface area (Å²) in [4.78, 5) is 24.5. The second-order valence-corrected chi connectivity index (χ2v) is 5.97. The lowest BCUT2D eigenvalue weighted by molar-refractivity contribution is -0.143. The zero-order valence-electron chi connectivity index (χ0n) is 14.7. The number of benzene rings is 2. The normalized spacial score (nSPS) is 12.9. The summed E-state index contributed by atoms with van der Waals surface area (Å²) in [5.74, 6) is -0.574. The highest BCUT2D eigenvalue weighted by Gasteiger charge is 2.39. The molecule has 2 aromatic carbocycles. The Morgan fingerprint density at radius 2 is 1.84 bits per heavy atom. The van der Waals surface area contributed by atoms with Crippen LogP contribution in [0, 0.1) is 6.92 Å². The van der Waals surface area contributed by atoms with Crippen molar-refractivity contribution in [3.05, 3.63) is 65.2 Å². The highest BCUT2D eigenvalue weighted by Crippen LogP contribution is 2.28. The Balaban J connectivity index is 2.24. The van der Waals surface area contributed by atoms with E-state index in [2.05, 4.69) is 5.32 Å². The molecule has 5 heteroatoms. The minimum absolute atomic E-state index is 0.0210. The third kappa shape index (κ3) is 3.82. The van der Waals surface area contributed by atoms with Gasteiger partial charge in [0.25, 0.3) is 5.91 Å². The average molecular weight is 341 g/mol. The smallest absolute Gasteiger partial charge is 0.315 e. The molecule has 0 aliphatic rings. The molecular formula is C20H23NO4. The lowest BCUT2D eigenvalue weighted by Crippen LogP contribution is -2.46. The molecule has 0 fully saturated rings. The number of ether oxygens (including phenoxy) is 1. The van der Waals surface area contributed by atoms with Gasteiger partial charge in [0.05, 0.1) is 7.11 Å². The van der Waals surface area contributed by atoms with Gasteiger partial charge in [-0.3, -0.25) is 9.59 Å². The number of nitrogens with one attached hydrogen (secondary N) is 1. The fourth-order valence-corrected chi connectivity index (χ4v) is 2.88. The van der Waals surface area contributed by atoms with Crippen LogP contribution in [0.5, 0.6) is 5.75 Å². The van der Waals surface area contributed by atoms with Crippen molar-refractivity contribution >= 4 is 11.9 Å². The minimum Gasteiger partial charge on any atom is -0.497 e. The zero-order valence-corrected chi connectivity index (χ0v) is 14.7. The number of rotatable bonds is 7. The molecule has 0 aliphatic heterocycles. The molecule has 1 unspecified atom stereocenters. The van der Waals surface area contributed by atoms with Gasteiger partial charge in [-0.05, 0) is 42.7 Å². The Morgan fingerprint density at radius 1 is 1.16 bits per heavy atom. The Kier molecular flexibility index (Phi) is 5.80. The van der Waals surface area contributed by atoms with Crippen molar-refractivity contribution < 1.29 is 19.4 Å². The van der Waals surface area contributed by atoms with Crippen molar-refractivity contribution in [2.75, 3.05) is 13.7 Å². The van der Waals surface area contributed by atoms with Gasteiger partial charge in [-0.25, -0.2) is 0 Å². The third-order valence-corrected chi connectivity index (χ3v) is 4.57. The number of carbonyl (C=O) groups excluding carboxylic acids is 1. The fraction of sp³-hybridized carbons (Fsp3) is 0.300. The summed E-state index contributed by atoms with van der Waals surface area (Å²) in [6.07, 6.45) is 0.369. The van der Waals surface area contributed by atoms with Gasteiger partial charge in [-0.15, -0.1) is 0 Å². The van der Waals surface area contributed by atoms with Crippen LogP contribution in [0.15, 0.2) is 48.5 Å². The second kappa shape index (κ2) is 7.83. The Labute approximate surface area is 147 Å². The van der Waals surface area contributed by atoms with Crippen LogP contribution in [0.2, 0.25) is 0 Å². The van der Waals surface area contributed by atoms with Crippen LogP contribution in [0.3, 0.4) is 0 Å². The molecule has 0 radical (unpaired) electrons. The van der Waals surface area contributed by atoms with Gasteiger partial charge in [0.15, 0.2) is 0 Å². The summed E-state index contributed by atoms with van der Waals surface area (Å²) in [5.41, 5.74) is 0.798. The van der Waals surface area contributed by atoms with Crippen molar-refractivity contribution in [3.63, 3.8) is 0 Å². The molecule has 0 heterocycles. The molecule has 0 aliphatic carbocycles. The van der Waals surface area contributed by atoms with Crippen LogP contribution in [0.1, 0.15) is 34.8 Å². The number of carboxylic acids is 1. The maximum atomic E-state index is 12.5. The first-order valence-corrected chi connectivity index (χ1v) is 8.16. The van der Waals surface area contributed by atoms with Crippen LogP contribution in [-0.4, -0.2) is 30.6 Å². The summed E-state index contributed by atoms with van der Waals surface area (Å²) < 4.78 is 5.14. The second-order valence-electron chi connectivity index (χ2n) is 5.97. The van der Waals surface area contributed by atoms with Crippen LogP contribution >= 0.6 is 0 Å². The lowest BCUT2D eigenvalue weighted by atomic mass is 9.78. The molecule has 2 N–H and O–H groups in total. The minimum atomic E-state index is -1.16. The topological polar surface area (TPSA) is 75.6 Å². The first-order chi connectivity index (χ1) is 11.9. The number of amides is 1. The summed E-state index contributed by atoms with van der Waals surface area (Å²) in [7, 11) is 1.57. The largest absolute Gasteiger partial charge is 0.497 e. The van der Waals surface area contributed by atoms with E-state index in [1.54, 1.807) is 49.6 Å². The first kappa shape index (κ1) is 18.5. The Hall–Kier alpha value is -2.82. The maximum absolute atomic E-state index is 12.5. The van der Waals surface area contributed by atoms with Crippen LogP contribution < -0.4 is 10.1 Å². The maximum Gasteiger partial charge on any atom is 0.315 e. The number of carboxylic acid groups (broad SMARTS) is 1. The molecule has 1 amide bonds. The van der Waals surface area contributed by atoms with Crippen molar-refractivity contribution in [1.82, 2.24) is 5.32 Å². The van der Waals surface area contributed by atoms with Gasteiger partial charge < -0.3 is 15.2 Å². The molecule has 2 rings (SSSR count). The number of aryl methyl sites for hydroxylation is 1. The molecule has 25 heavy (non-hydrogen) atoms. The Morgan fingerprint density at radius 3 is 2.36 bits per heavy atom. The summed E-state index contributed by atoms with van der Waals surface area (Å²) in [5, 5.41) is 12.6. The molecule has 5 nitrogen and oxygen atoms in total. The number of hydrogen-bond acceptors (Lipinski definition) is 3. The van der Waals surface area contributed by atoms with Gasteiger partial charge in [0.1, 0.15) is 11.2 Å². The van der Waals surface area contributed by atoms with Crippen LogP contribution in [0.4, 0.5) is 0 Å². The summed E-state index contributed by atoms with van der Waals surface area (Å²) in [6.45, 7) is 3.65. The predicted octanol–water partition coefficient (Wildman–Crippen LogP) is 3.17. The standard InChI is InChI=1S/C20H23NO4/c1-4-20(19(23)24,15-8-6-5-7-9-15)13-21-18(22)17-11-10-16(25-3)12-14(17)2/h5-12H,4,13H2,1-3H3,(H,21,22)(H,23,24). The number of hydrogen-bond donors (Lipinski definition) is 2. The van der Waals surface area contributed by atoms with Gasteiger partial charge in [-0.1, -0.05) is 37.3 Å². The SMILES string of the molecule is CCC(CNC(=O)c1ccc(OC)cc1C)(C(=O)O)c1ccccc1. The van der Waals surface area contributed by atoms with Crippen LogP contribution in [-0.2, 0) is 10.2 Å². The fourth-order valence-electron chi connectivity index (χ4n) is 2.88. The summed E-state index contributed by atoms with van der Waals surface area (Å²) in [6, 6.07) is 14.2. The van der Waals surface area contributed by atoms with E-state index in [9.17, 15) is 14.7 Å². The monoisotopic (exact) mass is 341 g/mol. The molecule has 0 saturated carbocycles. The molecule has 1 atom stereocenters. The molecule has 0 saturated heterocycles. The van der Waals surface area contributed by atoms with Crippen molar-refractivity contribution in [2.45, 2.75) is 25.7 Å². The highest BCUT2D eigenvalue weighted by atomic mass is 16.5. The molecule has 2 aromatic rings. The van der Waals surface area contributed by atoms with E-state index in [1.807, 2.05) is 19.9 Å². The van der Waals surface area contributed by atoms with Crippen LogP contribution in [0.25, 0.3) is 0 Å². The summed E-state index contributed by atoms with van der Waals surface area (Å²) >= 11 is 0. The van der Waals surface area contributed by atoms with E-state index >= 15 is 0 Å². The van der Waals surface area contributed by atoms with Crippen molar-refractivity contribution in [2.24, 2.45) is 0 Å². The lowest BCUT2D eigenvalue weighted by Gasteiger charge is -2.29. The zero-order chi connectivity index (χ0) is 18.4. The van der Waals surface area contributed by atoms with E-state index in [-0.39, 0.29) is 12.5 Å². The van der Waals surface area contributed by atoms with Gasteiger partial charge in [0, 0.05) is 12.1 Å². The molecule has 0 bridgehead atoms. The van der Waals surface area contributed by atoms with E-state index in [0.717, 1.165) is 5.56 Å². The quantitative estimate of drug-likeness (QED) is 0.811. The first-order valence-electron chi connectivity index (χ1n) is 8.16. The van der Waals surface area contributed by atoms with Gasteiger partial charge >= 0.3 is 5.97 Å². The highest BCUT2D eigenvalue weighted by molar-refractivity contribution is 5.96. The number of carbonyl (C=O) groups is 2.